The summed E-state index contributed by atoms with van der Waals surface area (Å²) in [6, 6.07) is 16.8. The second kappa shape index (κ2) is 5.26. The summed E-state index contributed by atoms with van der Waals surface area (Å²) in [5, 5.41) is 2.46. The molecule has 0 saturated heterocycles. The van der Waals surface area contributed by atoms with Gasteiger partial charge in [-0.2, -0.15) is 0 Å². The van der Waals surface area contributed by atoms with E-state index < -0.39 is 0 Å². The van der Waals surface area contributed by atoms with Gasteiger partial charge < -0.3 is 4.57 Å². The van der Waals surface area contributed by atoms with E-state index in [-0.39, 0.29) is 0 Å². The molecule has 0 saturated carbocycles. The third-order valence-corrected chi connectivity index (χ3v) is 3.92. The molecule has 2 aliphatic rings. The Morgan fingerprint density at radius 2 is 1.73 bits per heavy atom. The number of aryl methyl sites for hydroxylation is 1. The van der Waals surface area contributed by atoms with Crippen LogP contribution in [0.5, 0.6) is 0 Å². The predicted octanol–water partition coefficient (Wildman–Crippen LogP) is 4.61. The van der Waals surface area contributed by atoms with Gasteiger partial charge in [-0.15, -0.1) is 0 Å². The average molecular weight is 287 g/mol. The Kier molecular flexibility index (Phi) is 3.11. The minimum absolute atomic E-state index is 0.801. The number of hydrogen-bond acceptors (Lipinski definition) is 2. The van der Waals surface area contributed by atoms with E-state index in [0.717, 1.165) is 35.7 Å². The summed E-state index contributed by atoms with van der Waals surface area (Å²) in [6.07, 6.45) is 5.27. The van der Waals surface area contributed by atoms with Crippen molar-refractivity contribution < 1.29 is 0 Å². The van der Waals surface area contributed by atoms with Gasteiger partial charge in [-0.1, -0.05) is 43.3 Å². The summed E-state index contributed by atoms with van der Waals surface area (Å²) in [6.45, 7) is 3.18. The molecule has 0 spiro atoms. The molecule has 2 aromatic rings. The lowest BCUT2D eigenvalue weighted by Crippen LogP contribution is -1.97. The lowest BCUT2D eigenvalue weighted by molar-refractivity contribution is 0.674. The van der Waals surface area contributed by atoms with E-state index in [1.165, 1.54) is 10.8 Å². The molecule has 0 bridgehead atoms. The van der Waals surface area contributed by atoms with Gasteiger partial charge in [0.15, 0.2) is 5.82 Å². The van der Waals surface area contributed by atoms with Crippen LogP contribution in [0.1, 0.15) is 13.3 Å². The van der Waals surface area contributed by atoms with Crippen LogP contribution < -0.4 is 0 Å². The zero-order valence-electron chi connectivity index (χ0n) is 12.5. The van der Waals surface area contributed by atoms with E-state index in [1.54, 1.807) is 0 Å². The molecule has 0 fully saturated rings. The molecule has 0 N–H and O–H groups in total. The molecular weight excluding hydrogens is 270 g/mol. The topological polar surface area (TPSA) is 30.7 Å². The number of nitrogens with zero attached hydrogens (tertiary/aromatic N) is 3. The van der Waals surface area contributed by atoms with Crippen LogP contribution in [0.25, 0.3) is 33.5 Å². The Balaban J connectivity index is 1.80. The zero-order valence-corrected chi connectivity index (χ0v) is 12.5. The van der Waals surface area contributed by atoms with Crippen molar-refractivity contribution in [1.29, 1.82) is 0 Å². The first-order valence-electron chi connectivity index (χ1n) is 7.66. The van der Waals surface area contributed by atoms with Gasteiger partial charge in [0.05, 0.1) is 5.69 Å². The Labute approximate surface area is 129 Å². The quantitative estimate of drug-likeness (QED) is 0.551. The Hall–Kier alpha value is -2.68. The normalized spacial score (nSPS) is 11.3. The van der Waals surface area contributed by atoms with Crippen molar-refractivity contribution in [3.05, 3.63) is 60.9 Å². The maximum absolute atomic E-state index is 4.70. The minimum Gasteiger partial charge on any atom is -0.352 e. The molecule has 0 aliphatic carbocycles. The molecule has 2 heterocycles. The first kappa shape index (κ1) is 13.0. The van der Waals surface area contributed by atoms with Crippen LogP contribution in [-0.2, 0) is 6.54 Å². The van der Waals surface area contributed by atoms with Crippen LogP contribution in [0.4, 0.5) is 0 Å². The van der Waals surface area contributed by atoms with Crippen molar-refractivity contribution in [1.82, 2.24) is 14.5 Å². The van der Waals surface area contributed by atoms with Gasteiger partial charge in [0.1, 0.15) is 5.69 Å². The van der Waals surface area contributed by atoms with E-state index >= 15 is 0 Å². The number of fused-ring (bicyclic) bond motifs is 2. The summed E-state index contributed by atoms with van der Waals surface area (Å²) in [7, 11) is 0. The predicted molar refractivity (Wildman–Crippen MR) is 89.9 cm³/mol. The molecule has 2 aliphatic heterocycles. The molecule has 108 valence electrons. The van der Waals surface area contributed by atoms with E-state index in [4.69, 9.17) is 4.98 Å². The van der Waals surface area contributed by atoms with Gasteiger partial charge in [-0.25, -0.2) is 9.97 Å². The Bertz CT molecular complexity index is 907. The second-order valence-electron chi connectivity index (χ2n) is 5.56. The monoisotopic (exact) mass is 287 g/mol. The Morgan fingerprint density at radius 3 is 2.59 bits per heavy atom. The molecule has 0 aromatic heterocycles. The summed E-state index contributed by atoms with van der Waals surface area (Å²) in [5.41, 5.74) is 2.98. The summed E-state index contributed by atoms with van der Waals surface area (Å²) in [5.74, 6) is 0.801. The molecule has 3 heteroatoms. The van der Waals surface area contributed by atoms with Gasteiger partial charge in [0.25, 0.3) is 0 Å². The van der Waals surface area contributed by atoms with E-state index in [2.05, 4.69) is 71.3 Å². The standard InChI is InChI=1S/C19H17N3/c1-2-10-22-11-9-17-18(13-22)21-19(20-17)16-8-7-14-5-3-4-6-15(14)12-16/h3-9,11-13H,2,10H2,1H3. The smallest absolute Gasteiger partial charge is 0.160 e. The third kappa shape index (κ3) is 2.25. The van der Waals surface area contributed by atoms with Crippen LogP contribution in [0.2, 0.25) is 0 Å². The fourth-order valence-electron chi connectivity index (χ4n) is 2.81. The first-order chi connectivity index (χ1) is 10.8. The van der Waals surface area contributed by atoms with Gasteiger partial charge in [0, 0.05) is 24.5 Å². The molecule has 22 heavy (non-hydrogen) atoms. The first-order valence-corrected chi connectivity index (χ1v) is 7.66. The van der Waals surface area contributed by atoms with Gasteiger partial charge in [0.2, 0.25) is 0 Å². The molecule has 4 rings (SSSR count). The number of hydrogen-bond donors (Lipinski definition) is 0. The van der Waals surface area contributed by atoms with Crippen molar-refractivity contribution in [2.24, 2.45) is 0 Å². The summed E-state index contributed by atoms with van der Waals surface area (Å²) < 4.78 is 2.17. The van der Waals surface area contributed by atoms with E-state index in [1.807, 2.05) is 6.07 Å². The van der Waals surface area contributed by atoms with Crippen LogP contribution in [0.3, 0.4) is 0 Å². The SMILES string of the molecule is CCCn1ccc2nc(-c3ccc4ccccc4c3)nc-2c1. The highest BCUT2D eigenvalue weighted by atomic mass is 15.0. The van der Waals surface area contributed by atoms with Gasteiger partial charge in [-0.3, -0.25) is 0 Å². The Morgan fingerprint density at radius 1 is 0.909 bits per heavy atom. The van der Waals surface area contributed by atoms with E-state index in [0.29, 0.717) is 0 Å². The lowest BCUT2D eigenvalue weighted by Gasteiger charge is -2.04. The largest absolute Gasteiger partial charge is 0.352 e. The molecule has 3 nitrogen and oxygen atoms in total. The van der Waals surface area contributed by atoms with Crippen molar-refractivity contribution in [2.75, 3.05) is 0 Å². The summed E-state index contributed by atoms with van der Waals surface area (Å²) >= 11 is 0. The van der Waals surface area contributed by atoms with E-state index in [9.17, 15) is 0 Å². The second-order valence-corrected chi connectivity index (χ2v) is 5.56. The highest BCUT2D eigenvalue weighted by molar-refractivity contribution is 5.86. The van der Waals surface area contributed by atoms with Crippen LogP contribution in [-0.4, -0.2) is 14.5 Å². The lowest BCUT2D eigenvalue weighted by atomic mass is 10.1. The number of pyridine rings is 1. The molecule has 2 aromatic carbocycles. The molecule has 0 amide bonds. The number of benzene rings is 2. The van der Waals surface area contributed by atoms with Crippen molar-refractivity contribution in [3.8, 4) is 22.8 Å². The van der Waals surface area contributed by atoms with Crippen LogP contribution in [0, 0.1) is 0 Å². The fraction of sp³-hybridized carbons (Fsp3) is 0.158. The van der Waals surface area contributed by atoms with Crippen molar-refractivity contribution >= 4 is 10.8 Å². The zero-order chi connectivity index (χ0) is 14.9. The van der Waals surface area contributed by atoms with Crippen LogP contribution >= 0.6 is 0 Å². The van der Waals surface area contributed by atoms with Gasteiger partial charge >= 0.3 is 0 Å². The minimum atomic E-state index is 0.801. The maximum atomic E-state index is 4.70. The third-order valence-electron chi connectivity index (χ3n) is 3.92. The molecule has 0 radical (unpaired) electrons. The summed E-state index contributed by atoms with van der Waals surface area (Å²) in [4.78, 5) is 9.37. The number of aromatic nitrogens is 3. The van der Waals surface area contributed by atoms with Gasteiger partial charge in [-0.05, 0) is 29.3 Å². The number of rotatable bonds is 3. The van der Waals surface area contributed by atoms with Crippen molar-refractivity contribution in [3.63, 3.8) is 0 Å². The molecular formula is C19H17N3. The molecule has 0 unspecified atom stereocenters. The number of imidazole rings is 1. The van der Waals surface area contributed by atoms with Crippen LogP contribution in [0.15, 0.2) is 60.9 Å². The average Bonchev–Trinajstić information content (AvgIpc) is 2.98. The maximum Gasteiger partial charge on any atom is 0.160 e. The fourth-order valence-corrected chi connectivity index (χ4v) is 2.81. The highest BCUT2D eigenvalue weighted by Gasteiger charge is 2.12. The highest BCUT2D eigenvalue weighted by Crippen LogP contribution is 2.27. The van der Waals surface area contributed by atoms with Crippen molar-refractivity contribution in [2.45, 2.75) is 19.9 Å². The molecule has 0 atom stereocenters.